The second-order valence-electron chi connectivity index (χ2n) is 7.15. The first kappa shape index (κ1) is 23.2. The molecule has 1 aromatic heterocycles. The predicted octanol–water partition coefficient (Wildman–Crippen LogP) is 3.66. The van der Waals surface area contributed by atoms with Gasteiger partial charge in [0, 0.05) is 18.2 Å². The van der Waals surface area contributed by atoms with E-state index in [0.29, 0.717) is 23.4 Å². The Kier molecular flexibility index (Phi) is 8.21. The van der Waals surface area contributed by atoms with Gasteiger partial charge in [-0.1, -0.05) is 37.3 Å². The smallest absolute Gasteiger partial charge is 0.355 e. The summed E-state index contributed by atoms with van der Waals surface area (Å²) in [6, 6.07) is 9.95. The summed E-state index contributed by atoms with van der Waals surface area (Å²) < 4.78 is 10.4. The summed E-state index contributed by atoms with van der Waals surface area (Å²) in [7, 11) is 0. The molecule has 0 radical (unpaired) electrons. The van der Waals surface area contributed by atoms with E-state index in [-0.39, 0.29) is 24.1 Å². The molecular weight excluding hydrogens is 384 g/mol. The van der Waals surface area contributed by atoms with Crippen molar-refractivity contribution in [2.24, 2.45) is 0 Å². The maximum atomic E-state index is 12.6. The first-order chi connectivity index (χ1) is 14.3. The van der Waals surface area contributed by atoms with Crippen molar-refractivity contribution in [3.63, 3.8) is 0 Å². The van der Waals surface area contributed by atoms with E-state index < -0.39 is 18.0 Å². The fraction of sp³-hybridized carbons (Fsp3) is 0.435. The molecule has 2 atom stereocenters. The van der Waals surface area contributed by atoms with Crippen molar-refractivity contribution in [3.05, 3.63) is 58.4 Å². The molecule has 2 aromatic rings. The van der Waals surface area contributed by atoms with Crippen LogP contribution in [0.5, 0.6) is 0 Å². The van der Waals surface area contributed by atoms with E-state index in [1.165, 1.54) is 6.92 Å². The molecular formula is C23H30N2O5. The van der Waals surface area contributed by atoms with E-state index >= 15 is 0 Å². The van der Waals surface area contributed by atoms with Crippen LogP contribution in [0.4, 0.5) is 0 Å². The highest BCUT2D eigenvalue weighted by atomic mass is 16.5. The lowest BCUT2D eigenvalue weighted by atomic mass is 9.96. The molecule has 1 amide bonds. The molecule has 0 saturated heterocycles. The Morgan fingerprint density at radius 1 is 1.07 bits per heavy atom. The van der Waals surface area contributed by atoms with Crippen LogP contribution >= 0.6 is 0 Å². The molecule has 0 bridgehead atoms. The predicted molar refractivity (Wildman–Crippen MR) is 114 cm³/mol. The number of amides is 1. The third-order valence-electron chi connectivity index (χ3n) is 5.06. The molecule has 2 N–H and O–H groups in total. The van der Waals surface area contributed by atoms with Crippen LogP contribution in [0.15, 0.2) is 30.3 Å². The van der Waals surface area contributed by atoms with E-state index in [9.17, 15) is 14.4 Å². The molecule has 7 heteroatoms. The number of H-pyrrole nitrogens is 1. The average Bonchev–Trinajstić information content (AvgIpc) is 3.03. The van der Waals surface area contributed by atoms with Crippen LogP contribution in [-0.2, 0) is 14.3 Å². The standard InChI is InChI=1S/C23H30N2O5/c1-6-17(18-11-9-8-10-12-18)13-24-21(26)16(5)30-23(28)20-14(3)19(15(4)25-20)22(27)29-7-2/h8-12,16-17,25H,6-7,13H2,1-5H3,(H,24,26)/t16-,17-/m0/s1. The third-order valence-corrected chi connectivity index (χ3v) is 5.06. The van der Waals surface area contributed by atoms with Gasteiger partial charge in [0.05, 0.1) is 12.2 Å². The van der Waals surface area contributed by atoms with Gasteiger partial charge in [-0.25, -0.2) is 9.59 Å². The second-order valence-corrected chi connectivity index (χ2v) is 7.15. The van der Waals surface area contributed by atoms with E-state index in [1.807, 2.05) is 30.3 Å². The number of aryl methyl sites for hydroxylation is 1. The lowest BCUT2D eigenvalue weighted by Gasteiger charge is -2.18. The summed E-state index contributed by atoms with van der Waals surface area (Å²) >= 11 is 0. The number of carbonyl (C=O) groups is 3. The highest BCUT2D eigenvalue weighted by molar-refractivity contribution is 5.99. The zero-order valence-electron chi connectivity index (χ0n) is 18.2. The molecule has 0 unspecified atom stereocenters. The summed E-state index contributed by atoms with van der Waals surface area (Å²) in [5.74, 6) is -1.38. The number of rotatable bonds is 9. The van der Waals surface area contributed by atoms with Gasteiger partial charge in [0.1, 0.15) is 5.69 Å². The van der Waals surface area contributed by atoms with Crippen molar-refractivity contribution >= 4 is 17.8 Å². The van der Waals surface area contributed by atoms with Gasteiger partial charge in [-0.3, -0.25) is 4.79 Å². The van der Waals surface area contributed by atoms with Crippen molar-refractivity contribution in [1.29, 1.82) is 0 Å². The molecule has 1 heterocycles. The van der Waals surface area contributed by atoms with Crippen molar-refractivity contribution in [3.8, 4) is 0 Å². The largest absolute Gasteiger partial charge is 0.462 e. The molecule has 0 fully saturated rings. The number of carbonyl (C=O) groups excluding carboxylic acids is 3. The van der Waals surface area contributed by atoms with Crippen molar-refractivity contribution < 1.29 is 23.9 Å². The van der Waals surface area contributed by atoms with Crippen LogP contribution in [0, 0.1) is 13.8 Å². The van der Waals surface area contributed by atoms with Crippen LogP contribution in [0.3, 0.4) is 0 Å². The number of aromatic nitrogens is 1. The van der Waals surface area contributed by atoms with Crippen LogP contribution in [0.1, 0.15) is 70.8 Å². The average molecular weight is 415 g/mol. The second kappa shape index (κ2) is 10.6. The summed E-state index contributed by atoms with van der Waals surface area (Å²) in [5, 5.41) is 2.85. The Hall–Kier alpha value is -3.09. The summed E-state index contributed by atoms with van der Waals surface area (Å²) in [4.78, 5) is 40.0. The molecule has 162 valence electrons. The summed E-state index contributed by atoms with van der Waals surface area (Å²) in [6.45, 7) is 9.31. The van der Waals surface area contributed by atoms with Gasteiger partial charge in [-0.15, -0.1) is 0 Å². The van der Waals surface area contributed by atoms with Crippen LogP contribution in [-0.4, -0.2) is 42.1 Å². The van der Waals surface area contributed by atoms with Gasteiger partial charge < -0.3 is 19.8 Å². The topological polar surface area (TPSA) is 97.5 Å². The zero-order chi connectivity index (χ0) is 22.3. The van der Waals surface area contributed by atoms with E-state index in [1.54, 1.807) is 20.8 Å². The first-order valence-corrected chi connectivity index (χ1v) is 10.2. The fourth-order valence-electron chi connectivity index (χ4n) is 3.33. The molecule has 0 aliphatic carbocycles. The number of hydrogen-bond donors (Lipinski definition) is 2. The van der Waals surface area contributed by atoms with Crippen LogP contribution < -0.4 is 5.32 Å². The van der Waals surface area contributed by atoms with Gasteiger partial charge in [-0.05, 0) is 45.2 Å². The van der Waals surface area contributed by atoms with Crippen molar-refractivity contribution in [2.75, 3.05) is 13.2 Å². The number of aromatic amines is 1. The number of nitrogens with one attached hydrogen (secondary N) is 2. The maximum absolute atomic E-state index is 12.6. The van der Waals surface area contributed by atoms with Crippen LogP contribution in [0.2, 0.25) is 0 Å². The number of benzene rings is 1. The fourth-order valence-corrected chi connectivity index (χ4v) is 3.33. The Morgan fingerprint density at radius 3 is 2.33 bits per heavy atom. The minimum Gasteiger partial charge on any atom is -0.462 e. The lowest BCUT2D eigenvalue weighted by Crippen LogP contribution is -2.38. The maximum Gasteiger partial charge on any atom is 0.355 e. The summed E-state index contributed by atoms with van der Waals surface area (Å²) in [5.41, 5.74) is 2.57. The zero-order valence-corrected chi connectivity index (χ0v) is 18.2. The Labute approximate surface area is 177 Å². The number of esters is 2. The molecule has 0 saturated carbocycles. The first-order valence-electron chi connectivity index (χ1n) is 10.2. The van der Waals surface area contributed by atoms with Gasteiger partial charge in [-0.2, -0.15) is 0 Å². The normalized spacial score (nSPS) is 12.7. The Morgan fingerprint density at radius 2 is 1.73 bits per heavy atom. The quantitative estimate of drug-likeness (QED) is 0.610. The summed E-state index contributed by atoms with van der Waals surface area (Å²) in [6.07, 6.45) is -0.101. The molecule has 0 spiro atoms. The molecule has 2 rings (SSSR count). The lowest BCUT2D eigenvalue weighted by molar-refractivity contribution is -0.129. The van der Waals surface area contributed by atoms with E-state index in [4.69, 9.17) is 9.47 Å². The van der Waals surface area contributed by atoms with Crippen molar-refractivity contribution in [2.45, 2.75) is 53.1 Å². The van der Waals surface area contributed by atoms with Gasteiger partial charge in [0.25, 0.3) is 5.91 Å². The van der Waals surface area contributed by atoms with Gasteiger partial charge in [0.2, 0.25) is 0 Å². The highest BCUT2D eigenvalue weighted by Gasteiger charge is 2.26. The van der Waals surface area contributed by atoms with E-state index in [2.05, 4.69) is 17.2 Å². The number of ether oxygens (including phenoxy) is 2. The highest BCUT2D eigenvalue weighted by Crippen LogP contribution is 2.21. The molecule has 0 aliphatic rings. The van der Waals surface area contributed by atoms with Crippen molar-refractivity contribution in [1.82, 2.24) is 10.3 Å². The Balaban J connectivity index is 1.99. The number of hydrogen-bond acceptors (Lipinski definition) is 5. The Bertz CT molecular complexity index is 888. The molecule has 7 nitrogen and oxygen atoms in total. The van der Waals surface area contributed by atoms with Gasteiger partial charge >= 0.3 is 11.9 Å². The van der Waals surface area contributed by atoms with Crippen LogP contribution in [0.25, 0.3) is 0 Å². The molecule has 1 aromatic carbocycles. The molecule has 30 heavy (non-hydrogen) atoms. The van der Waals surface area contributed by atoms with Gasteiger partial charge in [0.15, 0.2) is 6.10 Å². The monoisotopic (exact) mass is 414 g/mol. The third kappa shape index (κ3) is 5.49. The minimum atomic E-state index is -0.972. The SMILES string of the molecule is CCOC(=O)c1c(C)[nH]c(C(=O)O[C@@H](C)C(=O)NC[C@H](CC)c2ccccc2)c1C. The molecule has 0 aliphatic heterocycles. The van der Waals surface area contributed by atoms with E-state index in [0.717, 1.165) is 12.0 Å². The minimum absolute atomic E-state index is 0.144.